The van der Waals surface area contributed by atoms with Gasteiger partial charge in [0.2, 0.25) is 17.7 Å². The van der Waals surface area contributed by atoms with Crippen LogP contribution in [0.15, 0.2) is 54.7 Å². The molecule has 2 aromatic carbocycles. The third-order valence-electron chi connectivity index (χ3n) is 6.33. The van der Waals surface area contributed by atoms with E-state index in [0.29, 0.717) is 6.42 Å². The Morgan fingerprint density at radius 2 is 1.71 bits per heavy atom. The molecule has 8 heteroatoms. The van der Waals surface area contributed by atoms with E-state index >= 15 is 0 Å². The Hall–Kier alpha value is -3.65. The molecule has 0 spiro atoms. The first-order valence-corrected chi connectivity index (χ1v) is 11.8. The van der Waals surface area contributed by atoms with Gasteiger partial charge in [0.1, 0.15) is 12.1 Å². The van der Waals surface area contributed by atoms with Gasteiger partial charge in [-0.15, -0.1) is 0 Å². The summed E-state index contributed by atoms with van der Waals surface area (Å²) in [6, 6.07) is 12.8. The number of amides is 3. The standard InChI is InChI=1S/C27H35N5O3/c1-16(2)24(32(4)27(35)21(28)13-18-8-6-5-7-9-18)26(34)31-23(25(29)33)14-19-10-11-22-20(12-19)17(3)15-30-22/h5-12,15-16,21,23-24,30H,13-14,28H2,1-4H3,(H2,29,33)(H,31,34)/t21-,23?,24-/m0/s1. The average molecular weight is 478 g/mol. The smallest absolute Gasteiger partial charge is 0.243 e. The molecule has 0 fully saturated rings. The molecule has 3 rings (SSSR count). The number of aromatic nitrogens is 1. The van der Waals surface area contributed by atoms with Crippen molar-refractivity contribution in [3.8, 4) is 0 Å². The number of carbonyl (C=O) groups excluding carboxylic acids is 3. The fourth-order valence-electron chi connectivity index (χ4n) is 4.43. The van der Waals surface area contributed by atoms with Gasteiger partial charge in [-0.25, -0.2) is 0 Å². The van der Waals surface area contributed by atoms with Gasteiger partial charge in [0.05, 0.1) is 6.04 Å². The van der Waals surface area contributed by atoms with Gasteiger partial charge in [0.15, 0.2) is 0 Å². The average Bonchev–Trinajstić information content (AvgIpc) is 3.18. The number of aromatic amines is 1. The van der Waals surface area contributed by atoms with E-state index in [2.05, 4.69) is 10.3 Å². The van der Waals surface area contributed by atoms with Crippen LogP contribution in [0.5, 0.6) is 0 Å². The summed E-state index contributed by atoms with van der Waals surface area (Å²) in [4.78, 5) is 43.1. The topological polar surface area (TPSA) is 134 Å². The highest BCUT2D eigenvalue weighted by Crippen LogP contribution is 2.20. The number of nitrogens with zero attached hydrogens (tertiary/aromatic N) is 1. The Morgan fingerprint density at radius 1 is 1.03 bits per heavy atom. The van der Waals surface area contributed by atoms with Crippen LogP contribution < -0.4 is 16.8 Å². The molecule has 0 aliphatic rings. The van der Waals surface area contributed by atoms with Crippen LogP contribution in [0.3, 0.4) is 0 Å². The van der Waals surface area contributed by atoms with Gasteiger partial charge in [0, 0.05) is 30.6 Å². The zero-order chi connectivity index (χ0) is 25.7. The van der Waals surface area contributed by atoms with Gasteiger partial charge in [-0.3, -0.25) is 14.4 Å². The molecule has 0 saturated heterocycles. The molecular formula is C27H35N5O3. The van der Waals surface area contributed by atoms with Crippen molar-refractivity contribution in [1.29, 1.82) is 0 Å². The van der Waals surface area contributed by atoms with Crippen molar-refractivity contribution >= 4 is 28.6 Å². The normalized spacial score (nSPS) is 13.9. The van der Waals surface area contributed by atoms with Crippen molar-refractivity contribution in [1.82, 2.24) is 15.2 Å². The molecule has 0 aliphatic carbocycles. The SMILES string of the molecule is Cc1c[nH]c2ccc(CC(NC(=O)[C@H](C(C)C)N(C)C(=O)[C@@H](N)Cc3ccccc3)C(N)=O)cc12. The van der Waals surface area contributed by atoms with E-state index in [0.717, 1.165) is 27.6 Å². The van der Waals surface area contributed by atoms with E-state index in [-0.39, 0.29) is 18.2 Å². The van der Waals surface area contributed by atoms with E-state index in [1.165, 1.54) is 4.90 Å². The van der Waals surface area contributed by atoms with E-state index in [1.54, 1.807) is 7.05 Å². The highest BCUT2D eigenvalue weighted by Gasteiger charge is 2.34. The third kappa shape index (κ3) is 6.27. The number of nitrogens with one attached hydrogen (secondary N) is 2. The molecular weight excluding hydrogens is 442 g/mol. The highest BCUT2D eigenvalue weighted by atomic mass is 16.2. The number of carbonyl (C=O) groups is 3. The number of aryl methyl sites for hydroxylation is 1. The molecule has 0 radical (unpaired) electrons. The summed E-state index contributed by atoms with van der Waals surface area (Å²) in [5.41, 5.74) is 15.7. The van der Waals surface area contributed by atoms with E-state index < -0.39 is 29.9 Å². The molecule has 3 atom stereocenters. The van der Waals surface area contributed by atoms with E-state index in [1.807, 2.05) is 75.5 Å². The van der Waals surface area contributed by atoms with Crippen molar-refractivity contribution < 1.29 is 14.4 Å². The minimum absolute atomic E-state index is 0.208. The Balaban J connectivity index is 1.72. The maximum Gasteiger partial charge on any atom is 0.243 e. The summed E-state index contributed by atoms with van der Waals surface area (Å²) < 4.78 is 0. The third-order valence-corrected chi connectivity index (χ3v) is 6.33. The van der Waals surface area contributed by atoms with Crippen LogP contribution in [0, 0.1) is 12.8 Å². The second kappa shape index (κ2) is 11.2. The van der Waals surface area contributed by atoms with Crippen LogP contribution in [0.25, 0.3) is 10.9 Å². The number of benzene rings is 2. The second-order valence-corrected chi connectivity index (χ2v) is 9.45. The number of fused-ring (bicyclic) bond motifs is 1. The fraction of sp³-hybridized carbons (Fsp3) is 0.370. The summed E-state index contributed by atoms with van der Waals surface area (Å²) in [6.45, 7) is 5.69. The molecule has 0 bridgehead atoms. The van der Waals surface area contributed by atoms with Crippen LogP contribution in [-0.2, 0) is 27.2 Å². The monoisotopic (exact) mass is 477 g/mol. The van der Waals surface area contributed by atoms with Crippen LogP contribution in [0.1, 0.15) is 30.5 Å². The van der Waals surface area contributed by atoms with E-state index in [4.69, 9.17) is 11.5 Å². The van der Waals surface area contributed by atoms with Gasteiger partial charge in [-0.1, -0.05) is 50.2 Å². The predicted octanol–water partition coefficient (Wildman–Crippen LogP) is 2.04. The zero-order valence-electron chi connectivity index (χ0n) is 20.7. The first kappa shape index (κ1) is 26.0. The lowest BCUT2D eigenvalue weighted by Crippen LogP contribution is -2.58. The molecule has 0 aliphatic heterocycles. The minimum atomic E-state index is -0.915. The summed E-state index contributed by atoms with van der Waals surface area (Å²) in [7, 11) is 1.57. The molecule has 186 valence electrons. The maximum absolute atomic E-state index is 13.3. The van der Waals surface area contributed by atoms with Crippen molar-refractivity contribution in [3.05, 3.63) is 71.4 Å². The Morgan fingerprint density at radius 3 is 2.34 bits per heavy atom. The minimum Gasteiger partial charge on any atom is -0.368 e. The molecule has 6 N–H and O–H groups in total. The largest absolute Gasteiger partial charge is 0.368 e. The lowest BCUT2D eigenvalue weighted by Gasteiger charge is -2.33. The zero-order valence-corrected chi connectivity index (χ0v) is 20.7. The molecule has 3 aromatic rings. The number of hydrogen-bond donors (Lipinski definition) is 4. The Kier molecular flexibility index (Phi) is 8.30. The first-order chi connectivity index (χ1) is 16.6. The predicted molar refractivity (Wildman–Crippen MR) is 137 cm³/mol. The van der Waals surface area contributed by atoms with Crippen molar-refractivity contribution in [2.24, 2.45) is 17.4 Å². The fourth-order valence-corrected chi connectivity index (χ4v) is 4.43. The number of likely N-dealkylation sites (N-methyl/N-ethyl adjacent to an activating group) is 1. The van der Waals surface area contributed by atoms with Gasteiger partial charge in [0.25, 0.3) is 0 Å². The van der Waals surface area contributed by atoms with Gasteiger partial charge in [-0.2, -0.15) is 0 Å². The Labute approximate surface area is 206 Å². The Bertz CT molecular complexity index is 1190. The van der Waals surface area contributed by atoms with Crippen LogP contribution >= 0.6 is 0 Å². The summed E-state index contributed by atoms with van der Waals surface area (Å²) in [5.74, 6) is -1.63. The van der Waals surface area contributed by atoms with Crippen LogP contribution in [0.2, 0.25) is 0 Å². The van der Waals surface area contributed by atoms with Crippen LogP contribution in [0.4, 0.5) is 0 Å². The number of rotatable bonds is 10. The molecule has 35 heavy (non-hydrogen) atoms. The summed E-state index contributed by atoms with van der Waals surface area (Å²) in [6.07, 6.45) is 2.53. The van der Waals surface area contributed by atoms with Crippen molar-refractivity contribution in [2.75, 3.05) is 7.05 Å². The van der Waals surface area contributed by atoms with Crippen molar-refractivity contribution in [2.45, 2.75) is 51.7 Å². The molecule has 8 nitrogen and oxygen atoms in total. The molecule has 1 unspecified atom stereocenters. The second-order valence-electron chi connectivity index (χ2n) is 9.45. The van der Waals surface area contributed by atoms with Crippen molar-refractivity contribution in [3.63, 3.8) is 0 Å². The van der Waals surface area contributed by atoms with Gasteiger partial charge < -0.3 is 26.7 Å². The molecule has 1 aromatic heterocycles. The quantitative estimate of drug-likeness (QED) is 0.355. The number of primary amides is 1. The molecule has 3 amide bonds. The first-order valence-electron chi connectivity index (χ1n) is 11.8. The summed E-state index contributed by atoms with van der Waals surface area (Å²) >= 11 is 0. The lowest BCUT2D eigenvalue weighted by molar-refractivity contribution is -0.142. The number of hydrogen-bond acceptors (Lipinski definition) is 4. The number of nitrogens with two attached hydrogens (primary N) is 2. The number of H-pyrrole nitrogens is 1. The molecule has 0 saturated carbocycles. The highest BCUT2D eigenvalue weighted by molar-refractivity contribution is 5.93. The lowest BCUT2D eigenvalue weighted by atomic mass is 9.98. The molecule has 1 heterocycles. The van der Waals surface area contributed by atoms with Gasteiger partial charge >= 0.3 is 0 Å². The van der Waals surface area contributed by atoms with Gasteiger partial charge in [-0.05, 0) is 48.1 Å². The van der Waals surface area contributed by atoms with E-state index in [9.17, 15) is 14.4 Å². The summed E-state index contributed by atoms with van der Waals surface area (Å²) in [5, 5.41) is 3.82. The maximum atomic E-state index is 13.3. The van der Waals surface area contributed by atoms with Crippen LogP contribution in [-0.4, -0.2) is 52.8 Å².